The number of carbonyl (C=O) groups excluding carboxylic acids is 1. The van der Waals surface area contributed by atoms with Gasteiger partial charge < -0.3 is 10.0 Å². The molecule has 0 bridgehead atoms. The Morgan fingerprint density at radius 1 is 1.29 bits per heavy atom. The number of hydrogen-bond acceptors (Lipinski definition) is 2. The van der Waals surface area contributed by atoms with Gasteiger partial charge >= 0.3 is 0 Å². The van der Waals surface area contributed by atoms with Crippen molar-refractivity contribution >= 4 is 5.91 Å². The zero-order valence-corrected chi connectivity index (χ0v) is 13.4. The van der Waals surface area contributed by atoms with Gasteiger partial charge in [-0.05, 0) is 31.2 Å². The minimum Gasteiger partial charge on any atom is -0.390 e. The number of nitrogens with zero attached hydrogens (tertiary/aromatic N) is 1. The third-order valence-corrected chi connectivity index (χ3v) is 4.79. The Morgan fingerprint density at radius 2 is 1.86 bits per heavy atom. The van der Waals surface area contributed by atoms with Gasteiger partial charge in [0.05, 0.1) is 11.5 Å². The van der Waals surface area contributed by atoms with Gasteiger partial charge in [-0.2, -0.15) is 0 Å². The standard InChI is InChI=1S/C18H27NO2/c1-4-14(2)16(15-8-6-5-7-9-15)17(20)19-12-10-18(3,21)11-13-19/h5-9,14,16,21H,4,10-13H2,1-3H3. The molecule has 2 atom stereocenters. The van der Waals surface area contributed by atoms with Crippen molar-refractivity contribution in [1.29, 1.82) is 0 Å². The molecule has 0 spiro atoms. The van der Waals surface area contributed by atoms with Gasteiger partial charge in [0, 0.05) is 13.1 Å². The maximum atomic E-state index is 13.0. The second kappa shape index (κ2) is 6.61. The summed E-state index contributed by atoms with van der Waals surface area (Å²) in [6.07, 6.45) is 2.32. The first-order valence-corrected chi connectivity index (χ1v) is 8.00. The van der Waals surface area contributed by atoms with E-state index < -0.39 is 5.60 Å². The molecule has 21 heavy (non-hydrogen) atoms. The van der Waals surface area contributed by atoms with E-state index in [1.54, 1.807) is 0 Å². The molecule has 0 aliphatic carbocycles. The van der Waals surface area contributed by atoms with Crippen molar-refractivity contribution in [3.63, 3.8) is 0 Å². The zero-order chi connectivity index (χ0) is 15.5. The molecule has 0 radical (unpaired) electrons. The van der Waals surface area contributed by atoms with Crippen LogP contribution in [-0.2, 0) is 4.79 Å². The Hall–Kier alpha value is -1.35. The summed E-state index contributed by atoms with van der Waals surface area (Å²) >= 11 is 0. The molecule has 1 aromatic rings. The van der Waals surface area contributed by atoms with Crippen LogP contribution in [0.1, 0.15) is 51.5 Å². The summed E-state index contributed by atoms with van der Waals surface area (Å²) < 4.78 is 0. The first-order valence-electron chi connectivity index (χ1n) is 8.00. The van der Waals surface area contributed by atoms with E-state index >= 15 is 0 Å². The second-order valence-electron chi connectivity index (χ2n) is 6.60. The molecule has 1 aliphatic heterocycles. The van der Waals surface area contributed by atoms with Gasteiger partial charge in [-0.15, -0.1) is 0 Å². The highest BCUT2D eigenvalue weighted by atomic mass is 16.3. The van der Waals surface area contributed by atoms with Crippen LogP contribution < -0.4 is 0 Å². The van der Waals surface area contributed by atoms with Gasteiger partial charge in [0.2, 0.25) is 5.91 Å². The van der Waals surface area contributed by atoms with Gasteiger partial charge in [-0.1, -0.05) is 50.6 Å². The maximum absolute atomic E-state index is 13.0. The predicted molar refractivity (Wildman–Crippen MR) is 85.1 cm³/mol. The molecule has 0 aromatic heterocycles. The van der Waals surface area contributed by atoms with Gasteiger partial charge in [0.25, 0.3) is 0 Å². The summed E-state index contributed by atoms with van der Waals surface area (Å²) in [6.45, 7) is 7.46. The number of amides is 1. The van der Waals surface area contributed by atoms with E-state index in [1.807, 2.05) is 30.0 Å². The third kappa shape index (κ3) is 3.85. The summed E-state index contributed by atoms with van der Waals surface area (Å²) in [4.78, 5) is 14.9. The minimum atomic E-state index is -0.616. The minimum absolute atomic E-state index is 0.0701. The molecule has 116 valence electrons. The van der Waals surface area contributed by atoms with Crippen molar-refractivity contribution in [2.45, 2.75) is 51.6 Å². The van der Waals surface area contributed by atoms with Gasteiger partial charge in [-0.25, -0.2) is 0 Å². The smallest absolute Gasteiger partial charge is 0.230 e. The second-order valence-corrected chi connectivity index (χ2v) is 6.60. The summed E-state index contributed by atoms with van der Waals surface area (Å²) in [5, 5.41) is 10.0. The van der Waals surface area contributed by atoms with Crippen LogP contribution in [0.5, 0.6) is 0 Å². The Morgan fingerprint density at radius 3 is 2.38 bits per heavy atom. The third-order valence-electron chi connectivity index (χ3n) is 4.79. The van der Waals surface area contributed by atoms with E-state index in [0.717, 1.165) is 12.0 Å². The van der Waals surface area contributed by atoms with Crippen LogP contribution in [0.3, 0.4) is 0 Å². The fourth-order valence-electron chi connectivity index (χ4n) is 3.02. The Bertz CT molecular complexity index is 459. The topological polar surface area (TPSA) is 40.5 Å². The summed E-state index contributed by atoms with van der Waals surface area (Å²) in [5.41, 5.74) is 0.490. The van der Waals surface area contributed by atoms with Crippen molar-refractivity contribution < 1.29 is 9.90 Å². The van der Waals surface area contributed by atoms with Crippen LogP contribution in [0, 0.1) is 5.92 Å². The molecular weight excluding hydrogens is 262 g/mol. The molecule has 3 nitrogen and oxygen atoms in total. The molecule has 2 rings (SSSR count). The molecule has 1 aromatic carbocycles. The number of piperidine rings is 1. The molecule has 1 heterocycles. The lowest BCUT2D eigenvalue weighted by molar-refractivity contribution is -0.137. The number of aliphatic hydroxyl groups is 1. The van der Waals surface area contributed by atoms with Crippen molar-refractivity contribution in [2.24, 2.45) is 5.92 Å². The first-order chi connectivity index (χ1) is 9.94. The van der Waals surface area contributed by atoms with Crippen LogP contribution >= 0.6 is 0 Å². The van der Waals surface area contributed by atoms with E-state index in [-0.39, 0.29) is 11.8 Å². The number of benzene rings is 1. The van der Waals surface area contributed by atoms with Crippen LogP contribution in [-0.4, -0.2) is 34.6 Å². The highest BCUT2D eigenvalue weighted by Gasteiger charge is 2.34. The highest BCUT2D eigenvalue weighted by molar-refractivity contribution is 5.84. The van der Waals surface area contributed by atoms with E-state index in [0.29, 0.717) is 31.8 Å². The van der Waals surface area contributed by atoms with Crippen molar-refractivity contribution in [2.75, 3.05) is 13.1 Å². The molecule has 1 fully saturated rings. The Balaban J connectivity index is 2.16. The largest absolute Gasteiger partial charge is 0.390 e. The first kappa shape index (κ1) is 16.0. The van der Waals surface area contributed by atoms with E-state index in [9.17, 15) is 9.90 Å². The van der Waals surface area contributed by atoms with Crippen LogP contribution in [0.15, 0.2) is 30.3 Å². The normalized spacial score (nSPS) is 20.9. The molecule has 1 saturated heterocycles. The number of hydrogen-bond donors (Lipinski definition) is 1. The highest BCUT2D eigenvalue weighted by Crippen LogP contribution is 2.31. The fraction of sp³-hybridized carbons (Fsp3) is 0.611. The Labute approximate surface area is 128 Å². The predicted octanol–water partition coefficient (Wildman–Crippen LogP) is 3.19. The van der Waals surface area contributed by atoms with Crippen molar-refractivity contribution in [3.8, 4) is 0 Å². The zero-order valence-electron chi connectivity index (χ0n) is 13.4. The van der Waals surface area contributed by atoms with Crippen LogP contribution in [0.2, 0.25) is 0 Å². The summed E-state index contributed by atoms with van der Waals surface area (Å²) in [5.74, 6) is 0.465. The average molecular weight is 289 g/mol. The van der Waals surface area contributed by atoms with Gasteiger partial charge in [0.1, 0.15) is 0 Å². The molecule has 0 saturated carbocycles. The quantitative estimate of drug-likeness (QED) is 0.924. The van der Waals surface area contributed by atoms with Gasteiger partial charge in [-0.3, -0.25) is 4.79 Å². The molecule has 1 amide bonds. The number of carbonyl (C=O) groups is 1. The monoisotopic (exact) mass is 289 g/mol. The number of likely N-dealkylation sites (tertiary alicyclic amines) is 1. The molecule has 2 unspecified atom stereocenters. The molecule has 1 aliphatic rings. The SMILES string of the molecule is CCC(C)C(C(=O)N1CCC(C)(O)CC1)c1ccccc1. The van der Waals surface area contributed by atoms with Crippen molar-refractivity contribution in [3.05, 3.63) is 35.9 Å². The lowest BCUT2D eigenvalue weighted by Gasteiger charge is -2.38. The molecule has 1 N–H and O–H groups in total. The Kier molecular flexibility index (Phi) is 5.04. The van der Waals surface area contributed by atoms with E-state index in [4.69, 9.17) is 0 Å². The molecular formula is C18H27NO2. The molecule has 3 heteroatoms. The van der Waals surface area contributed by atoms with E-state index in [2.05, 4.69) is 26.0 Å². The maximum Gasteiger partial charge on any atom is 0.230 e. The summed E-state index contributed by atoms with van der Waals surface area (Å²) in [7, 11) is 0. The lowest BCUT2D eigenvalue weighted by atomic mass is 9.83. The number of rotatable bonds is 4. The van der Waals surface area contributed by atoms with Crippen LogP contribution in [0.25, 0.3) is 0 Å². The van der Waals surface area contributed by atoms with E-state index in [1.165, 1.54) is 0 Å². The average Bonchev–Trinajstić information content (AvgIpc) is 2.48. The van der Waals surface area contributed by atoms with Gasteiger partial charge in [0.15, 0.2) is 0 Å². The van der Waals surface area contributed by atoms with Crippen LogP contribution in [0.4, 0.5) is 0 Å². The van der Waals surface area contributed by atoms with Crippen molar-refractivity contribution in [1.82, 2.24) is 4.90 Å². The lowest BCUT2D eigenvalue weighted by Crippen LogP contribution is -2.47. The summed E-state index contributed by atoms with van der Waals surface area (Å²) in [6, 6.07) is 10.1. The fourth-order valence-corrected chi connectivity index (χ4v) is 3.02.